The Morgan fingerprint density at radius 2 is 2.00 bits per heavy atom. The van der Waals surface area contributed by atoms with Crippen LogP contribution in [0.5, 0.6) is 0 Å². The molecule has 1 atom stereocenters. The van der Waals surface area contributed by atoms with Crippen LogP contribution in [0.1, 0.15) is 41.6 Å². The zero-order valence-electron chi connectivity index (χ0n) is 20.9. The molecule has 1 N–H and O–H groups in total. The molecule has 3 heterocycles. The number of aryl methyl sites for hydroxylation is 2. The van der Waals surface area contributed by atoms with Crippen molar-refractivity contribution >= 4 is 28.8 Å². The van der Waals surface area contributed by atoms with Gasteiger partial charge < -0.3 is 19.7 Å². The molecule has 0 fully saturated rings. The van der Waals surface area contributed by atoms with E-state index in [4.69, 9.17) is 14.5 Å². The lowest BCUT2D eigenvalue weighted by molar-refractivity contribution is -0.141. The minimum Gasteiger partial charge on any atom is -0.460 e. The first-order valence-corrected chi connectivity index (χ1v) is 12.6. The number of amidine groups is 1. The number of nitrogens with one attached hydrogen (secondary N) is 1. The Kier molecular flexibility index (Phi) is 8.22. The van der Waals surface area contributed by atoms with Crippen LogP contribution in [0.4, 0.5) is 0 Å². The van der Waals surface area contributed by atoms with Crippen LogP contribution in [0.2, 0.25) is 0 Å². The molecule has 0 bridgehead atoms. The average Bonchev–Trinajstić information content (AvgIpc) is 3.26. The van der Waals surface area contributed by atoms with E-state index in [1.165, 1.54) is 11.8 Å². The quantitative estimate of drug-likeness (QED) is 0.403. The third-order valence-electron chi connectivity index (χ3n) is 6.02. The first kappa shape index (κ1) is 25.7. The number of hydrogen-bond donors (Lipinski definition) is 1. The second-order valence-electron chi connectivity index (χ2n) is 8.70. The van der Waals surface area contributed by atoms with Gasteiger partial charge in [0.2, 0.25) is 5.91 Å². The highest BCUT2D eigenvalue weighted by molar-refractivity contribution is 8.16. The maximum absolute atomic E-state index is 13.3. The summed E-state index contributed by atoms with van der Waals surface area (Å²) in [5, 5.41) is 5.64. The van der Waals surface area contributed by atoms with E-state index < -0.39 is 12.0 Å². The fraction of sp³-hybridized carbons (Fsp3) is 0.333. The lowest BCUT2D eigenvalue weighted by Crippen LogP contribution is -2.38. The van der Waals surface area contributed by atoms with Crippen molar-refractivity contribution in [1.82, 2.24) is 15.2 Å². The fourth-order valence-corrected chi connectivity index (χ4v) is 5.17. The second kappa shape index (κ2) is 11.5. The van der Waals surface area contributed by atoms with Crippen molar-refractivity contribution in [2.24, 2.45) is 4.99 Å². The summed E-state index contributed by atoms with van der Waals surface area (Å²) in [5.74, 6) is -0.558. The Morgan fingerprint density at radius 3 is 2.75 bits per heavy atom. The van der Waals surface area contributed by atoms with E-state index in [0.29, 0.717) is 24.4 Å². The number of aromatic nitrogens is 1. The number of allylic oxidation sites excluding steroid dienone is 1. The van der Waals surface area contributed by atoms with Crippen molar-refractivity contribution in [2.75, 3.05) is 20.3 Å². The van der Waals surface area contributed by atoms with Gasteiger partial charge in [-0.25, -0.2) is 9.79 Å². The minimum absolute atomic E-state index is 0.123. The van der Waals surface area contributed by atoms with E-state index in [2.05, 4.69) is 16.4 Å². The number of ether oxygens (including phenoxy) is 2. The zero-order valence-corrected chi connectivity index (χ0v) is 21.7. The molecule has 1 amide bonds. The van der Waals surface area contributed by atoms with E-state index in [1.54, 1.807) is 19.5 Å². The van der Waals surface area contributed by atoms with Crippen LogP contribution >= 0.6 is 11.8 Å². The predicted molar refractivity (Wildman–Crippen MR) is 140 cm³/mol. The lowest BCUT2D eigenvalue weighted by atomic mass is 9.90. The highest BCUT2D eigenvalue weighted by Crippen LogP contribution is 2.45. The maximum Gasteiger partial charge on any atom is 0.338 e. The van der Waals surface area contributed by atoms with Gasteiger partial charge >= 0.3 is 5.97 Å². The topological polar surface area (TPSA) is 93.1 Å². The number of aliphatic imine (C=N–C) groups is 1. The number of nitrogens with zero attached hydrogens (tertiary/aromatic N) is 3. The number of pyridine rings is 1. The summed E-state index contributed by atoms with van der Waals surface area (Å²) >= 11 is 1.46. The summed E-state index contributed by atoms with van der Waals surface area (Å²) in [6.07, 6.45) is 3.58. The van der Waals surface area contributed by atoms with Crippen LogP contribution in [-0.4, -0.2) is 47.3 Å². The van der Waals surface area contributed by atoms with Gasteiger partial charge in [-0.1, -0.05) is 41.6 Å². The Hall–Kier alpha value is -3.43. The smallest absolute Gasteiger partial charge is 0.338 e. The van der Waals surface area contributed by atoms with E-state index in [1.807, 2.05) is 55.3 Å². The Balaban J connectivity index is 1.63. The van der Waals surface area contributed by atoms with Crippen molar-refractivity contribution in [3.8, 4) is 0 Å². The summed E-state index contributed by atoms with van der Waals surface area (Å²) < 4.78 is 10.6. The van der Waals surface area contributed by atoms with Crippen LogP contribution < -0.4 is 5.32 Å². The standard InChI is InChI=1S/C27H30N4O4S/c1-17-7-8-18(2)22(12-17)25-24(26(33)35-11-10-34-4)19(3)30-27-31(25)21(16-36-27)13-23(32)29-15-20-6-5-9-28-14-20/h5-9,12,14,16,25H,10-11,13,15H2,1-4H3,(H,29,32). The molecule has 0 radical (unpaired) electrons. The zero-order chi connectivity index (χ0) is 25.7. The monoisotopic (exact) mass is 506 g/mol. The van der Waals surface area contributed by atoms with Crippen molar-refractivity contribution in [3.05, 3.63) is 87.4 Å². The Labute approximate surface area is 215 Å². The molecule has 1 unspecified atom stereocenters. The van der Waals surface area contributed by atoms with Gasteiger partial charge in [-0.3, -0.25) is 9.78 Å². The largest absolute Gasteiger partial charge is 0.460 e. The van der Waals surface area contributed by atoms with Gasteiger partial charge in [0.15, 0.2) is 5.17 Å². The molecule has 1 aromatic heterocycles. The van der Waals surface area contributed by atoms with Crippen LogP contribution in [0.25, 0.3) is 0 Å². The fourth-order valence-electron chi connectivity index (χ4n) is 4.21. The SMILES string of the molecule is COCCOC(=O)C1=C(C)N=C2SC=C(CC(=O)NCc3cccnc3)N2C1c1cc(C)ccc1C. The van der Waals surface area contributed by atoms with Gasteiger partial charge in [0.25, 0.3) is 0 Å². The van der Waals surface area contributed by atoms with Gasteiger partial charge in [-0.05, 0) is 48.9 Å². The van der Waals surface area contributed by atoms with Crippen LogP contribution in [-0.2, 0) is 25.6 Å². The first-order valence-electron chi connectivity index (χ1n) is 11.7. The number of carbonyl (C=O) groups is 2. The van der Waals surface area contributed by atoms with E-state index >= 15 is 0 Å². The molecular formula is C27H30N4O4S. The third kappa shape index (κ3) is 5.68. The summed E-state index contributed by atoms with van der Waals surface area (Å²) in [4.78, 5) is 37.0. The average molecular weight is 507 g/mol. The number of hydrogen-bond acceptors (Lipinski definition) is 8. The van der Waals surface area contributed by atoms with Crippen molar-refractivity contribution in [1.29, 1.82) is 0 Å². The molecule has 8 nitrogen and oxygen atoms in total. The minimum atomic E-state index is -0.459. The van der Waals surface area contributed by atoms with Gasteiger partial charge in [0.05, 0.1) is 30.3 Å². The number of methoxy groups -OCH3 is 1. The number of fused-ring (bicyclic) bond motifs is 1. The van der Waals surface area contributed by atoms with Gasteiger partial charge in [0.1, 0.15) is 6.61 Å². The molecule has 188 valence electrons. The van der Waals surface area contributed by atoms with Gasteiger partial charge in [-0.15, -0.1) is 0 Å². The van der Waals surface area contributed by atoms with Crippen molar-refractivity contribution in [3.63, 3.8) is 0 Å². The summed E-state index contributed by atoms with van der Waals surface area (Å²) in [6.45, 7) is 6.73. The number of thioether (sulfide) groups is 1. The van der Waals surface area contributed by atoms with Crippen LogP contribution in [0.15, 0.2) is 70.1 Å². The number of carbonyl (C=O) groups excluding carboxylic acids is 2. The Morgan fingerprint density at radius 1 is 1.17 bits per heavy atom. The van der Waals surface area contributed by atoms with E-state index in [-0.39, 0.29) is 18.9 Å². The number of esters is 1. The summed E-state index contributed by atoms with van der Waals surface area (Å²) in [6, 6.07) is 9.48. The molecule has 0 spiro atoms. The molecule has 2 aromatic rings. The lowest BCUT2D eigenvalue weighted by Gasteiger charge is -2.37. The molecule has 0 saturated heterocycles. The molecule has 4 rings (SSSR count). The highest BCUT2D eigenvalue weighted by Gasteiger charge is 2.41. The number of rotatable bonds is 9. The van der Waals surface area contributed by atoms with Gasteiger partial charge in [-0.2, -0.15) is 0 Å². The molecule has 9 heteroatoms. The van der Waals surface area contributed by atoms with E-state index in [0.717, 1.165) is 33.1 Å². The van der Waals surface area contributed by atoms with Crippen LogP contribution in [0, 0.1) is 13.8 Å². The maximum atomic E-state index is 13.3. The summed E-state index contributed by atoms with van der Waals surface area (Å²) in [7, 11) is 1.56. The molecule has 0 aliphatic carbocycles. The third-order valence-corrected chi connectivity index (χ3v) is 6.91. The highest BCUT2D eigenvalue weighted by atomic mass is 32.2. The number of amides is 1. The Bertz CT molecular complexity index is 1240. The van der Waals surface area contributed by atoms with Crippen molar-refractivity contribution < 1.29 is 19.1 Å². The molecular weight excluding hydrogens is 476 g/mol. The molecule has 2 aliphatic rings. The first-order chi connectivity index (χ1) is 17.4. The van der Waals surface area contributed by atoms with Gasteiger partial charge in [0, 0.05) is 31.7 Å². The normalized spacial score (nSPS) is 16.9. The molecule has 0 saturated carbocycles. The second-order valence-corrected chi connectivity index (χ2v) is 9.53. The predicted octanol–water partition coefficient (Wildman–Crippen LogP) is 4.17. The molecule has 36 heavy (non-hydrogen) atoms. The number of benzene rings is 1. The molecule has 1 aromatic carbocycles. The van der Waals surface area contributed by atoms with Crippen LogP contribution in [0.3, 0.4) is 0 Å². The van der Waals surface area contributed by atoms with Crippen molar-refractivity contribution in [2.45, 2.75) is 39.8 Å². The molecule has 2 aliphatic heterocycles. The van der Waals surface area contributed by atoms with E-state index in [9.17, 15) is 9.59 Å². The summed E-state index contributed by atoms with van der Waals surface area (Å²) in [5.41, 5.74) is 5.88.